The van der Waals surface area contributed by atoms with Gasteiger partial charge in [0.1, 0.15) is 0 Å². The van der Waals surface area contributed by atoms with Crippen molar-refractivity contribution >= 4 is 35.2 Å². The molecule has 0 aliphatic carbocycles. The zero-order valence-corrected chi connectivity index (χ0v) is 16.7. The van der Waals surface area contributed by atoms with Crippen molar-refractivity contribution in [2.75, 3.05) is 5.32 Å². The Hall–Kier alpha value is -2.59. The van der Waals surface area contributed by atoms with E-state index in [0.29, 0.717) is 16.6 Å². The summed E-state index contributed by atoms with van der Waals surface area (Å²) in [6.07, 6.45) is 2.06. The maximum absolute atomic E-state index is 12.2. The molecule has 2 aromatic carbocycles. The first kappa shape index (κ1) is 20.7. The maximum Gasteiger partial charge on any atom is 0.331 e. The van der Waals surface area contributed by atoms with Crippen molar-refractivity contribution in [3.63, 3.8) is 0 Å². The zero-order valence-electron chi connectivity index (χ0n) is 16.0. The third kappa shape index (κ3) is 5.97. The van der Waals surface area contributed by atoms with Crippen molar-refractivity contribution in [2.45, 2.75) is 39.7 Å². The largest absolute Gasteiger partial charge is 0.449 e. The first-order valence-corrected chi connectivity index (χ1v) is 9.20. The Morgan fingerprint density at radius 2 is 1.74 bits per heavy atom. The molecule has 27 heavy (non-hydrogen) atoms. The number of carbonyl (C=O) groups is 2. The predicted octanol–water partition coefficient (Wildman–Crippen LogP) is 5.36. The first-order valence-electron chi connectivity index (χ1n) is 8.82. The quantitative estimate of drug-likeness (QED) is 0.538. The lowest BCUT2D eigenvalue weighted by atomic mass is 10.0. The van der Waals surface area contributed by atoms with Crippen LogP contribution in [0.2, 0.25) is 5.02 Å². The SMILES string of the molecule is Cc1c(Cl)cccc1NC(=O)[C@H](C)OC(=O)/C=C/c1ccc(C(C)C)cc1. The highest BCUT2D eigenvalue weighted by Crippen LogP contribution is 2.23. The Balaban J connectivity index is 1.92. The first-order chi connectivity index (χ1) is 12.8. The lowest BCUT2D eigenvalue weighted by Crippen LogP contribution is -2.29. The Morgan fingerprint density at radius 1 is 1.07 bits per heavy atom. The van der Waals surface area contributed by atoms with Gasteiger partial charge in [0.25, 0.3) is 5.91 Å². The number of esters is 1. The van der Waals surface area contributed by atoms with Gasteiger partial charge >= 0.3 is 5.97 Å². The maximum atomic E-state index is 12.2. The molecule has 0 unspecified atom stereocenters. The van der Waals surface area contributed by atoms with E-state index in [2.05, 4.69) is 19.2 Å². The Bertz CT molecular complexity index is 841. The summed E-state index contributed by atoms with van der Waals surface area (Å²) in [6, 6.07) is 13.2. The molecule has 2 aromatic rings. The highest BCUT2D eigenvalue weighted by atomic mass is 35.5. The molecule has 1 N–H and O–H groups in total. The molecule has 0 aromatic heterocycles. The van der Waals surface area contributed by atoms with Gasteiger partial charge in [0.05, 0.1) is 0 Å². The van der Waals surface area contributed by atoms with Gasteiger partial charge in [-0.15, -0.1) is 0 Å². The fourth-order valence-corrected chi connectivity index (χ4v) is 2.58. The van der Waals surface area contributed by atoms with Crippen LogP contribution in [0.25, 0.3) is 6.08 Å². The molecular weight excluding hydrogens is 362 g/mol. The third-order valence-electron chi connectivity index (χ3n) is 4.20. The van der Waals surface area contributed by atoms with E-state index >= 15 is 0 Å². The number of hydrogen-bond acceptors (Lipinski definition) is 3. The second-order valence-electron chi connectivity index (χ2n) is 6.64. The highest BCUT2D eigenvalue weighted by molar-refractivity contribution is 6.31. The molecule has 4 nitrogen and oxygen atoms in total. The van der Waals surface area contributed by atoms with Gasteiger partial charge in [-0.2, -0.15) is 0 Å². The van der Waals surface area contributed by atoms with Gasteiger partial charge in [0.15, 0.2) is 6.10 Å². The molecule has 0 saturated heterocycles. The fourth-order valence-electron chi connectivity index (χ4n) is 2.40. The summed E-state index contributed by atoms with van der Waals surface area (Å²) in [5.74, 6) is -0.535. The molecule has 5 heteroatoms. The van der Waals surface area contributed by atoms with Crippen molar-refractivity contribution in [1.29, 1.82) is 0 Å². The van der Waals surface area contributed by atoms with Gasteiger partial charge in [-0.05, 0) is 54.7 Å². The van der Waals surface area contributed by atoms with Gasteiger partial charge in [-0.1, -0.05) is 55.8 Å². The van der Waals surface area contributed by atoms with Gasteiger partial charge < -0.3 is 10.1 Å². The fraction of sp³-hybridized carbons (Fsp3) is 0.273. The summed E-state index contributed by atoms with van der Waals surface area (Å²) in [4.78, 5) is 24.2. The predicted molar refractivity (Wildman–Crippen MR) is 110 cm³/mol. The average Bonchev–Trinajstić information content (AvgIpc) is 2.64. The minimum absolute atomic E-state index is 0.414. The smallest absolute Gasteiger partial charge is 0.331 e. The molecular formula is C22H24ClNO3. The van der Waals surface area contributed by atoms with Gasteiger partial charge in [-0.25, -0.2) is 4.79 Å². The Morgan fingerprint density at radius 3 is 2.37 bits per heavy atom. The van der Waals surface area contributed by atoms with E-state index in [1.807, 2.05) is 31.2 Å². The topological polar surface area (TPSA) is 55.4 Å². The summed E-state index contributed by atoms with van der Waals surface area (Å²) in [6.45, 7) is 7.58. The van der Waals surface area contributed by atoms with E-state index in [-0.39, 0.29) is 0 Å². The van der Waals surface area contributed by atoms with E-state index in [1.165, 1.54) is 18.6 Å². The molecule has 0 aliphatic rings. The average molecular weight is 386 g/mol. The van der Waals surface area contributed by atoms with Crippen LogP contribution in [0.4, 0.5) is 5.69 Å². The van der Waals surface area contributed by atoms with Crippen LogP contribution >= 0.6 is 11.6 Å². The van der Waals surface area contributed by atoms with Gasteiger partial charge in [0.2, 0.25) is 0 Å². The minimum atomic E-state index is -0.927. The molecule has 1 atom stereocenters. The van der Waals surface area contributed by atoms with Crippen LogP contribution in [0.15, 0.2) is 48.5 Å². The van der Waals surface area contributed by atoms with Crippen molar-refractivity contribution in [3.8, 4) is 0 Å². The molecule has 0 heterocycles. The number of rotatable bonds is 6. The summed E-state index contributed by atoms with van der Waals surface area (Å²) in [5, 5.41) is 3.28. The Kier molecular flexibility index (Phi) is 7.19. The van der Waals surface area contributed by atoms with Crippen molar-refractivity contribution in [3.05, 3.63) is 70.3 Å². The van der Waals surface area contributed by atoms with Crippen LogP contribution in [0.1, 0.15) is 43.4 Å². The molecule has 142 valence electrons. The summed E-state index contributed by atoms with van der Waals surface area (Å²) < 4.78 is 5.17. The van der Waals surface area contributed by atoms with Gasteiger partial charge in [0, 0.05) is 16.8 Å². The van der Waals surface area contributed by atoms with Crippen LogP contribution < -0.4 is 5.32 Å². The monoisotopic (exact) mass is 385 g/mol. The van der Waals surface area contributed by atoms with Crippen LogP contribution in [-0.4, -0.2) is 18.0 Å². The molecule has 0 fully saturated rings. The van der Waals surface area contributed by atoms with E-state index in [1.54, 1.807) is 24.3 Å². The summed E-state index contributed by atoms with van der Waals surface area (Å²) in [5.41, 5.74) is 3.48. The van der Waals surface area contributed by atoms with Crippen LogP contribution in [0.5, 0.6) is 0 Å². The van der Waals surface area contributed by atoms with E-state index < -0.39 is 18.0 Å². The molecule has 0 saturated carbocycles. The lowest BCUT2D eigenvalue weighted by molar-refractivity contribution is -0.148. The number of nitrogens with one attached hydrogen (secondary N) is 1. The number of carbonyl (C=O) groups excluding carboxylic acids is 2. The second-order valence-corrected chi connectivity index (χ2v) is 7.04. The number of halogens is 1. The minimum Gasteiger partial charge on any atom is -0.449 e. The standard InChI is InChI=1S/C22H24ClNO3/c1-14(2)18-11-8-17(9-12-18)10-13-21(25)27-16(4)22(26)24-20-7-5-6-19(23)15(20)3/h5-14,16H,1-4H3,(H,24,26)/b13-10+/t16-/m0/s1. The van der Waals surface area contributed by atoms with E-state index in [0.717, 1.165) is 11.1 Å². The molecule has 0 radical (unpaired) electrons. The van der Waals surface area contributed by atoms with Crippen LogP contribution in [0, 0.1) is 6.92 Å². The summed E-state index contributed by atoms with van der Waals surface area (Å²) in [7, 11) is 0. The third-order valence-corrected chi connectivity index (χ3v) is 4.61. The summed E-state index contributed by atoms with van der Waals surface area (Å²) >= 11 is 6.04. The number of benzene rings is 2. The van der Waals surface area contributed by atoms with Crippen LogP contribution in [0.3, 0.4) is 0 Å². The van der Waals surface area contributed by atoms with E-state index in [4.69, 9.17) is 16.3 Å². The van der Waals surface area contributed by atoms with Crippen molar-refractivity contribution < 1.29 is 14.3 Å². The normalized spacial score (nSPS) is 12.2. The van der Waals surface area contributed by atoms with Gasteiger partial charge in [-0.3, -0.25) is 4.79 Å². The van der Waals surface area contributed by atoms with Crippen molar-refractivity contribution in [1.82, 2.24) is 0 Å². The zero-order chi connectivity index (χ0) is 20.0. The van der Waals surface area contributed by atoms with E-state index in [9.17, 15) is 9.59 Å². The van der Waals surface area contributed by atoms with Crippen LogP contribution in [-0.2, 0) is 14.3 Å². The molecule has 1 amide bonds. The molecule has 2 rings (SSSR count). The number of hydrogen-bond donors (Lipinski definition) is 1. The second kappa shape index (κ2) is 9.38. The molecule has 0 spiro atoms. The molecule has 0 aliphatic heterocycles. The Labute approximate surface area is 165 Å². The van der Waals surface area contributed by atoms with Crippen molar-refractivity contribution in [2.24, 2.45) is 0 Å². The number of ether oxygens (including phenoxy) is 1. The highest BCUT2D eigenvalue weighted by Gasteiger charge is 2.17. The lowest BCUT2D eigenvalue weighted by Gasteiger charge is -2.14. The number of anilines is 1. The molecule has 0 bridgehead atoms. The number of amides is 1.